The Hall–Kier alpha value is -1.55. The molecular formula is C11H14N2O2. The standard InChI is InChI=1S/C11H14N2O2/c12-7-9-10(15-11(14)13-9)6-8-4-2-1-3-5-8/h1-5,9-10H,6-7,12H2,(H,13,14). The third kappa shape index (κ3) is 2.27. The van der Waals surface area contributed by atoms with Crippen LogP contribution in [0.1, 0.15) is 5.56 Å². The van der Waals surface area contributed by atoms with Gasteiger partial charge in [0, 0.05) is 13.0 Å². The maximum absolute atomic E-state index is 11.0. The van der Waals surface area contributed by atoms with Gasteiger partial charge in [-0.3, -0.25) is 0 Å². The summed E-state index contributed by atoms with van der Waals surface area (Å²) >= 11 is 0. The van der Waals surface area contributed by atoms with Crippen molar-refractivity contribution in [3.8, 4) is 0 Å². The van der Waals surface area contributed by atoms with Crippen molar-refractivity contribution in [1.82, 2.24) is 5.32 Å². The highest BCUT2D eigenvalue weighted by Crippen LogP contribution is 2.14. The first-order valence-corrected chi connectivity index (χ1v) is 5.00. The SMILES string of the molecule is NCC1NC(=O)OC1Cc1ccccc1. The molecule has 1 aromatic rings. The molecule has 4 heteroatoms. The van der Waals surface area contributed by atoms with E-state index in [9.17, 15) is 4.79 Å². The van der Waals surface area contributed by atoms with Crippen LogP contribution < -0.4 is 11.1 Å². The predicted octanol–water partition coefficient (Wildman–Crippen LogP) is 0.665. The van der Waals surface area contributed by atoms with Crippen LogP contribution in [0.25, 0.3) is 0 Å². The molecule has 4 nitrogen and oxygen atoms in total. The van der Waals surface area contributed by atoms with Crippen LogP contribution >= 0.6 is 0 Å². The zero-order chi connectivity index (χ0) is 10.7. The van der Waals surface area contributed by atoms with Crippen LogP contribution in [0.5, 0.6) is 0 Å². The molecule has 0 aromatic heterocycles. The molecule has 1 heterocycles. The average Bonchev–Trinajstić information content (AvgIpc) is 2.60. The van der Waals surface area contributed by atoms with E-state index in [1.54, 1.807) is 0 Å². The molecule has 0 bridgehead atoms. The molecule has 1 aromatic carbocycles. The molecule has 1 amide bonds. The van der Waals surface area contributed by atoms with E-state index in [2.05, 4.69) is 5.32 Å². The minimum Gasteiger partial charge on any atom is -0.444 e. The smallest absolute Gasteiger partial charge is 0.407 e. The molecule has 1 saturated heterocycles. The van der Waals surface area contributed by atoms with Gasteiger partial charge in [-0.1, -0.05) is 30.3 Å². The van der Waals surface area contributed by atoms with Crippen LogP contribution in [0.15, 0.2) is 30.3 Å². The lowest BCUT2D eigenvalue weighted by molar-refractivity contribution is 0.132. The number of carbonyl (C=O) groups is 1. The first-order chi connectivity index (χ1) is 7.29. The summed E-state index contributed by atoms with van der Waals surface area (Å²) in [5.41, 5.74) is 6.70. The Kier molecular flexibility index (Phi) is 2.87. The van der Waals surface area contributed by atoms with Crippen molar-refractivity contribution in [3.63, 3.8) is 0 Å². The lowest BCUT2D eigenvalue weighted by Gasteiger charge is -2.14. The lowest BCUT2D eigenvalue weighted by atomic mass is 10.0. The first-order valence-electron chi connectivity index (χ1n) is 5.00. The van der Waals surface area contributed by atoms with Crippen LogP contribution in [0, 0.1) is 0 Å². The van der Waals surface area contributed by atoms with E-state index >= 15 is 0 Å². The Bertz CT molecular complexity index is 340. The monoisotopic (exact) mass is 206 g/mol. The highest BCUT2D eigenvalue weighted by atomic mass is 16.6. The fourth-order valence-corrected chi connectivity index (χ4v) is 1.74. The van der Waals surface area contributed by atoms with E-state index in [0.29, 0.717) is 13.0 Å². The van der Waals surface area contributed by atoms with Crippen LogP contribution in [0.3, 0.4) is 0 Å². The summed E-state index contributed by atoms with van der Waals surface area (Å²) in [6, 6.07) is 9.86. The zero-order valence-corrected chi connectivity index (χ0v) is 8.35. The molecule has 15 heavy (non-hydrogen) atoms. The van der Waals surface area contributed by atoms with Crippen molar-refractivity contribution >= 4 is 6.09 Å². The number of nitrogens with two attached hydrogens (primary N) is 1. The molecule has 1 aliphatic heterocycles. The van der Waals surface area contributed by atoms with Gasteiger partial charge in [-0.15, -0.1) is 0 Å². The summed E-state index contributed by atoms with van der Waals surface area (Å²) in [4.78, 5) is 11.0. The fraction of sp³-hybridized carbons (Fsp3) is 0.364. The molecule has 0 aliphatic carbocycles. The van der Waals surface area contributed by atoms with Gasteiger partial charge >= 0.3 is 6.09 Å². The normalized spacial score (nSPS) is 24.7. The van der Waals surface area contributed by atoms with Gasteiger partial charge < -0.3 is 15.8 Å². The molecule has 0 saturated carbocycles. The lowest BCUT2D eigenvalue weighted by Crippen LogP contribution is -2.39. The van der Waals surface area contributed by atoms with Crippen LogP contribution in [0.4, 0.5) is 4.79 Å². The number of alkyl carbamates (subject to hydrolysis) is 1. The summed E-state index contributed by atoms with van der Waals surface area (Å²) in [5.74, 6) is 0. The number of benzene rings is 1. The minimum absolute atomic E-state index is 0.0716. The molecule has 2 rings (SSSR count). The number of carbonyl (C=O) groups excluding carboxylic acids is 1. The largest absolute Gasteiger partial charge is 0.444 e. The molecule has 0 radical (unpaired) electrons. The van der Waals surface area contributed by atoms with E-state index in [-0.39, 0.29) is 18.2 Å². The molecule has 2 atom stereocenters. The van der Waals surface area contributed by atoms with Crippen LogP contribution in [-0.4, -0.2) is 24.8 Å². The highest BCUT2D eigenvalue weighted by Gasteiger charge is 2.32. The molecule has 1 aliphatic rings. The topological polar surface area (TPSA) is 64.3 Å². The van der Waals surface area contributed by atoms with E-state index in [0.717, 1.165) is 5.56 Å². The number of hydrogen-bond acceptors (Lipinski definition) is 3. The number of ether oxygens (including phenoxy) is 1. The summed E-state index contributed by atoms with van der Waals surface area (Å²) in [7, 11) is 0. The van der Waals surface area contributed by atoms with Crippen molar-refractivity contribution in [2.75, 3.05) is 6.54 Å². The predicted molar refractivity (Wildman–Crippen MR) is 56.4 cm³/mol. The Morgan fingerprint density at radius 3 is 2.73 bits per heavy atom. The van der Waals surface area contributed by atoms with Gasteiger partial charge in [-0.05, 0) is 5.56 Å². The van der Waals surface area contributed by atoms with Crippen LogP contribution in [0.2, 0.25) is 0 Å². The Morgan fingerprint density at radius 1 is 1.33 bits per heavy atom. The maximum Gasteiger partial charge on any atom is 0.407 e. The van der Waals surface area contributed by atoms with Gasteiger partial charge in [0.05, 0.1) is 6.04 Å². The van der Waals surface area contributed by atoms with Gasteiger partial charge in [0.25, 0.3) is 0 Å². The maximum atomic E-state index is 11.0. The summed E-state index contributed by atoms with van der Waals surface area (Å²) in [6.45, 7) is 0.406. The number of amides is 1. The summed E-state index contributed by atoms with van der Waals surface area (Å²) in [5, 5.41) is 2.69. The van der Waals surface area contributed by atoms with Crippen molar-refractivity contribution in [1.29, 1.82) is 0 Å². The highest BCUT2D eigenvalue weighted by molar-refractivity contribution is 5.70. The molecule has 80 valence electrons. The van der Waals surface area contributed by atoms with Gasteiger partial charge in [0.15, 0.2) is 0 Å². The van der Waals surface area contributed by atoms with Gasteiger partial charge in [0.2, 0.25) is 0 Å². The van der Waals surface area contributed by atoms with E-state index in [4.69, 9.17) is 10.5 Å². The number of rotatable bonds is 3. The first kappa shape index (κ1) is 9.98. The molecule has 2 unspecified atom stereocenters. The molecule has 1 fully saturated rings. The second-order valence-corrected chi connectivity index (χ2v) is 3.62. The van der Waals surface area contributed by atoms with Gasteiger partial charge in [-0.2, -0.15) is 0 Å². The molecular weight excluding hydrogens is 192 g/mol. The Balaban J connectivity index is 2.03. The number of cyclic esters (lactones) is 1. The number of nitrogens with one attached hydrogen (secondary N) is 1. The van der Waals surface area contributed by atoms with Crippen molar-refractivity contribution in [2.24, 2.45) is 5.73 Å². The Morgan fingerprint density at radius 2 is 2.07 bits per heavy atom. The third-order valence-electron chi connectivity index (χ3n) is 2.54. The third-order valence-corrected chi connectivity index (χ3v) is 2.54. The quantitative estimate of drug-likeness (QED) is 0.763. The average molecular weight is 206 g/mol. The van der Waals surface area contributed by atoms with E-state index in [1.165, 1.54) is 0 Å². The number of hydrogen-bond donors (Lipinski definition) is 2. The fourth-order valence-electron chi connectivity index (χ4n) is 1.74. The van der Waals surface area contributed by atoms with Crippen molar-refractivity contribution in [3.05, 3.63) is 35.9 Å². The van der Waals surface area contributed by atoms with Crippen LogP contribution in [-0.2, 0) is 11.2 Å². The summed E-state index contributed by atoms with van der Waals surface area (Å²) in [6.07, 6.45) is 0.192. The summed E-state index contributed by atoms with van der Waals surface area (Å²) < 4.78 is 5.14. The zero-order valence-electron chi connectivity index (χ0n) is 8.35. The van der Waals surface area contributed by atoms with Gasteiger partial charge in [-0.25, -0.2) is 4.79 Å². The second kappa shape index (κ2) is 4.31. The van der Waals surface area contributed by atoms with Gasteiger partial charge in [0.1, 0.15) is 6.10 Å². The minimum atomic E-state index is -0.369. The Labute approximate surface area is 88.4 Å². The van der Waals surface area contributed by atoms with E-state index < -0.39 is 0 Å². The van der Waals surface area contributed by atoms with E-state index in [1.807, 2.05) is 30.3 Å². The molecule has 3 N–H and O–H groups in total. The molecule has 0 spiro atoms. The van der Waals surface area contributed by atoms with Crippen molar-refractivity contribution in [2.45, 2.75) is 18.6 Å². The van der Waals surface area contributed by atoms with Crippen molar-refractivity contribution < 1.29 is 9.53 Å². The second-order valence-electron chi connectivity index (χ2n) is 3.62.